The van der Waals surface area contributed by atoms with Crippen molar-refractivity contribution in [2.24, 2.45) is 11.5 Å². The fourth-order valence-electron chi connectivity index (χ4n) is 2.30. The summed E-state index contributed by atoms with van der Waals surface area (Å²) in [7, 11) is -2.94. The predicted molar refractivity (Wildman–Crippen MR) is 99.4 cm³/mol. The number of hydrogen-bond donors (Lipinski definition) is 2. The molecule has 0 fully saturated rings. The second kappa shape index (κ2) is 11.1. The smallest absolute Gasteiger partial charge is 0.176 e. The minimum Gasteiger partial charge on any atom is -0.456 e. The van der Waals surface area contributed by atoms with E-state index in [1.807, 2.05) is 36.4 Å². The fraction of sp³-hybridized carbons (Fsp3) is 0.625. The summed E-state index contributed by atoms with van der Waals surface area (Å²) in [6.07, 6.45) is 2.19. The molecule has 0 saturated heterocycles. The molecule has 3 nitrogen and oxygen atoms in total. The molecule has 0 saturated carbocycles. The number of nitrogens with two attached hydrogens (primary N) is 2. The van der Waals surface area contributed by atoms with Crippen molar-refractivity contribution in [1.82, 2.24) is 0 Å². The highest BCUT2D eigenvalue weighted by molar-refractivity contribution is 6.84. The second-order valence-electron chi connectivity index (χ2n) is 6.60. The molecule has 0 unspecified atom stereocenters. The maximum atomic E-state index is 6.40. The first-order valence-electron chi connectivity index (χ1n) is 7.93. The molecule has 1 aromatic carbocycles. The van der Waals surface area contributed by atoms with E-state index in [1.54, 1.807) is 0 Å². The zero-order valence-electron chi connectivity index (χ0n) is 14.3. The first-order chi connectivity index (χ1) is 9.83. The van der Waals surface area contributed by atoms with Crippen molar-refractivity contribution in [3.05, 3.63) is 36.4 Å². The molecular formula is C16H34N2OSi2. The molecule has 0 radical (unpaired) electrons. The van der Waals surface area contributed by atoms with E-state index >= 15 is 0 Å². The highest BCUT2D eigenvalue weighted by Gasteiger charge is 2.32. The lowest BCUT2D eigenvalue weighted by Gasteiger charge is -2.34. The average Bonchev–Trinajstić information content (AvgIpc) is 2.44. The van der Waals surface area contributed by atoms with Gasteiger partial charge in [-0.05, 0) is 64.2 Å². The zero-order valence-corrected chi connectivity index (χ0v) is 16.3. The van der Waals surface area contributed by atoms with E-state index in [9.17, 15) is 0 Å². The Morgan fingerprint density at radius 2 is 1.05 bits per heavy atom. The van der Waals surface area contributed by atoms with Gasteiger partial charge in [-0.3, -0.25) is 0 Å². The van der Waals surface area contributed by atoms with Gasteiger partial charge in [0.05, 0.1) is 0 Å². The number of benzene rings is 1. The molecule has 0 aliphatic rings. The van der Waals surface area contributed by atoms with E-state index in [4.69, 9.17) is 15.6 Å². The summed E-state index contributed by atoms with van der Waals surface area (Å²) >= 11 is 0. The Kier molecular flexibility index (Phi) is 10.9. The van der Waals surface area contributed by atoms with Gasteiger partial charge in [0.15, 0.2) is 16.6 Å². The Labute approximate surface area is 133 Å². The molecule has 0 aromatic heterocycles. The molecule has 1 rings (SSSR count). The highest BCUT2D eigenvalue weighted by Crippen LogP contribution is 2.25. The Morgan fingerprint density at radius 3 is 1.29 bits per heavy atom. The highest BCUT2D eigenvalue weighted by atomic mass is 28.4. The maximum Gasteiger partial charge on any atom is 0.176 e. The van der Waals surface area contributed by atoms with E-state index in [1.165, 1.54) is 12.1 Å². The molecule has 122 valence electrons. The summed E-state index contributed by atoms with van der Waals surface area (Å²) < 4.78 is 6.40. The molecule has 0 atom stereocenters. The van der Waals surface area contributed by atoms with Crippen LogP contribution in [-0.4, -0.2) is 29.7 Å². The van der Waals surface area contributed by atoms with Gasteiger partial charge in [0.1, 0.15) is 0 Å². The van der Waals surface area contributed by atoms with E-state index in [0.29, 0.717) is 0 Å². The van der Waals surface area contributed by atoms with Crippen LogP contribution in [0.1, 0.15) is 12.8 Å². The van der Waals surface area contributed by atoms with Gasteiger partial charge in [0, 0.05) is 0 Å². The van der Waals surface area contributed by atoms with Crippen molar-refractivity contribution in [1.29, 1.82) is 0 Å². The van der Waals surface area contributed by atoms with Crippen LogP contribution in [0, 0.1) is 0 Å². The minimum atomic E-state index is -1.53. The van der Waals surface area contributed by atoms with Gasteiger partial charge in [-0.2, -0.15) is 0 Å². The third-order valence-corrected chi connectivity index (χ3v) is 10.3. The molecule has 0 aliphatic carbocycles. The first-order valence-corrected chi connectivity index (χ1v) is 14.2. The van der Waals surface area contributed by atoms with E-state index < -0.39 is 16.6 Å². The predicted octanol–water partition coefficient (Wildman–Crippen LogP) is 3.80. The Morgan fingerprint density at radius 1 is 0.714 bits per heavy atom. The third-order valence-electron chi connectivity index (χ3n) is 3.04. The van der Waals surface area contributed by atoms with Crippen LogP contribution >= 0.6 is 0 Å². The van der Waals surface area contributed by atoms with Gasteiger partial charge >= 0.3 is 0 Å². The van der Waals surface area contributed by atoms with Crippen LogP contribution in [0.4, 0.5) is 0 Å². The summed E-state index contributed by atoms with van der Waals surface area (Å²) in [6.45, 7) is 10.7. The molecular weight excluding hydrogens is 292 g/mol. The Bertz CT molecular complexity index is 307. The van der Waals surface area contributed by atoms with Gasteiger partial charge in [-0.15, -0.1) is 0 Å². The van der Waals surface area contributed by atoms with E-state index in [2.05, 4.69) is 26.2 Å². The first kappa shape index (κ1) is 20.5. The van der Waals surface area contributed by atoms with Crippen molar-refractivity contribution < 1.29 is 4.12 Å². The van der Waals surface area contributed by atoms with Gasteiger partial charge < -0.3 is 15.6 Å². The van der Waals surface area contributed by atoms with Gasteiger partial charge in [0.2, 0.25) is 0 Å². The van der Waals surface area contributed by atoms with Crippen molar-refractivity contribution in [3.63, 3.8) is 0 Å². The molecule has 21 heavy (non-hydrogen) atoms. The summed E-state index contributed by atoms with van der Waals surface area (Å²) in [6, 6.07) is 14.4. The van der Waals surface area contributed by atoms with Gasteiger partial charge in [-0.1, -0.05) is 36.4 Å². The minimum absolute atomic E-state index is 0.778. The molecule has 5 heteroatoms. The van der Waals surface area contributed by atoms with Crippen LogP contribution < -0.4 is 11.5 Å². The summed E-state index contributed by atoms with van der Waals surface area (Å²) in [5.74, 6) is 0. The zero-order chi connectivity index (χ0) is 16.2. The SMILES string of the molecule is C[Si](C)(C)O[Si](C)(CCCN)CCCN.c1ccccc1. The van der Waals surface area contributed by atoms with Crippen molar-refractivity contribution in [3.8, 4) is 0 Å². The molecule has 1 aromatic rings. The van der Waals surface area contributed by atoms with Crippen LogP contribution in [-0.2, 0) is 4.12 Å². The van der Waals surface area contributed by atoms with Crippen molar-refractivity contribution in [2.75, 3.05) is 13.1 Å². The quantitative estimate of drug-likeness (QED) is 0.714. The van der Waals surface area contributed by atoms with E-state index in [0.717, 1.165) is 25.9 Å². The van der Waals surface area contributed by atoms with Crippen molar-refractivity contribution in [2.45, 2.75) is 51.1 Å². The van der Waals surface area contributed by atoms with Crippen molar-refractivity contribution >= 4 is 16.6 Å². The standard InChI is InChI=1S/C10H28N2OSi2.C6H6/c1-14(2,3)13-15(4,9-5-7-11)10-6-8-12;1-2-4-6-5-3-1/h5-12H2,1-4H3;1-6H. The van der Waals surface area contributed by atoms with Gasteiger partial charge in [0.25, 0.3) is 0 Å². The van der Waals surface area contributed by atoms with Gasteiger partial charge in [-0.25, -0.2) is 0 Å². The third kappa shape index (κ3) is 13.0. The summed E-state index contributed by atoms with van der Waals surface area (Å²) in [5.41, 5.74) is 11.2. The molecule has 0 heterocycles. The topological polar surface area (TPSA) is 61.3 Å². The monoisotopic (exact) mass is 326 g/mol. The van der Waals surface area contributed by atoms with Crippen LogP contribution in [0.5, 0.6) is 0 Å². The Hall–Kier alpha value is -0.466. The maximum absolute atomic E-state index is 6.40. The van der Waals surface area contributed by atoms with Crippen LogP contribution in [0.3, 0.4) is 0 Å². The van der Waals surface area contributed by atoms with Crippen LogP contribution in [0.2, 0.25) is 38.3 Å². The fourth-order valence-corrected chi connectivity index (χ4v) is 11.2. The molecule has 0 spiro atoms. The lowest BCUT2D eigenvalue weighted by atomic mass is 10.4. The lowest BCUT2D eigenvalue weighted by Crippen LogP contribution is -2.45. The van der Waals surface area contributed by atoms with Crippen LogP contribution in [0.25, 0.3) is 0 Å². The molecule has 0 amide bonds. The lowest BCUT2D eigenvalue weighted by molar-refractivity contribution is 0.529. The largest absolute Gasteiger partial charge is 0.456 e. The molecule has 0 bridgehead atoms. The van der Waals surface area contributed by atoms with Crippen LogP contribution in [0.15, 0.2) is 36.4 Å². The summed E-state index contributed by atoms with van der Waals surface area (Å²) in [4.78, 5) is 0. The second-order valence-corrected chi connectivity index (χ2v) is 15.5. The van der Waals surface area contributed by atoms with E-state index in [-0.39, 0.29) is 0 Å². The number of rotatable bonds is 8. The average molecular weight is 327 g/mol. The number of hydrogen-bond acceptors (Lipinski definition) is 3. The normalized spacial score (nSPS) is 11.7. The Balaban J connectivity index is 0.000000547. The molecule has 0 aliphatic heterocycles. The molecule has 4 N–H and O–H groups in total. The summed E-state index contributed by atoms with van der Waals surface area (Å²) in [5, 5.41) is 0.